The number of phenolic OH excluding ortho intramolecular Hbond substituents is 1. The van der Waals surface area contributed by atoms with Crippen LogP contribution in [0.25, 0.3) is 0 Å². The zero-order valence-corrected chi connectivity index (χ0v) is 13.9. The van der Waals surface area contributed by atoms with E-state index in [-0.39, 0.29) is 11.7 Å². The van der Waals surface area contributed by atoms with Crippen LogP contribution >= 0.6 is 0 Å². The largest absolute Gasteiger partial charge is 0.508 e. The zero-order chi connectivity index (χ0) is 17.2. The monoisotopic (exact) mass is 321 g/mol. The van der Waals surface area contributed by atoms with Crippen LogP contribution in [0.5, 0.6) is 5.75 Å². The highest BCUT2D eigenvalue weighted by atomic mass is 16.6. The number of carbonyl (C=O) groups excluding carboxylic acids is 2. The van der Waals surface area contributed by atoms with Crippen molar-refractivity contribution in [1.82, 2.24) is 4.90 Å². The van der Waals surface area contributed by atoms with Gasteiger partial charge in [-0.15, -0.1) is 0 Å². The zero-order valence-electron chi connectivity index (χ0n) is 13.9. The summed E-state index contributed by atoms with van der Waals surface area (Å²) >= 11 is 0. The van der Waals surface area contributed by atoms with E-state index in [1.54, 1.807) is 45.0 Å². The average molecular weight is 321 g/mol. The van der Waals surface area contributed by atoms with Crippen LogP contribution in [0.1, 0.15) is 38.7 Å². The van der Waals surface area contributed by atoms with Gasteiger partial charge in [-0.2, -0.15) is 0 Å². The minimum Gasteiger partial charge on any atom is -0.508 e. The molecule has 1 aromatic rings. The molecule has 1 heterocycles. The Morgan fingerprint density at radius 3 is 2.35 bits per heavy atom. The molecule has 0 radical (unpaired) electrons. The van der Waals surface area contributed by atoms with Crippen molar-refractivity contribution in [2.75, 3.05) is 13.7 Å². The Balaban J connectivity index is 2.26. The summed E-state index contributed by atoms with van der Waals surface area (Å²) in [7, 11) is 1.31. The van der Waals surface area contributed by atoms with E-state index in [0.29, 0.717) is 13.0 Å². The Bertz CT molecular complexity index is 576. The predicted molar refractivity (Wildman–Crippen MR) is 84.2 cm³/mol. The molecule has 1 saturated heterocycles. The molecule has 6 heteroatoms. The van der Waals surface area contributed by atoms with Crippen LogP contribution < -0.4 is 0 Å². The van der Waals surface area contributed by atoms with E-state index in [1.807, 2.05) is 0 Å². The second-order valence-corrected chi connectivity index (χ2v) is 6.63. The molecule has 1 aromatic carbocycles. The van der Waals surface area contributed by atoms with Gasteiger partial charge in [-0.25, -0.2) is 9.59 Å². The van der Waals surface area contributed by atoms with Gasteiger partial charge in [-0.05, 0) is 44.9 Å². The number of hydrogen-bond donors (Lipinski definition) is 1. The molecule has 1 aliphatic rings. The van der Waals surface area contributed by atoms with Crippen molar-refractivity contribution in [3.05, 3.63) is 29.8 Å². The lowest BCUT2D eigenvalue weighted by Crippen LogP contribution is -2.45. The number of aromatic hydroxyl groups is 1. The third-order valence-corrected chi connectivity index (χ3v) is 3.79. The highest BCUT2D eigenvalue weighted by molar-refractivity contribution is 5.83. The molecule has 6 nitrogen and oxygen atoms in total. The van der Waals surface area contributed by atoms with E-state index in [4.69, 9.17) is 9.47 Å². The topological polar surface area (TPSA) is 76.1 Å². The maximum atomic E-state index is 12.4. The average Bonchev–Trinajstić information content (AvgIpc) is 2.90. The van der Waals surface area contributed by atoms with Crippen molar-refractivity contribution in [3.8, 4) is 5.75 Å². The van der Waals surface area contributed by atoms with Gasteiger partial charge in [0.1, 0.15) is 17.4 Å². The smallest absolute Gasteiger partial charge is 0.411 e. The summed E-state index contributed by atoms with van der Waals surface area (Å²) in [6.45, 7) is 5.77. The lowest BCUT2D eigenvalue weighted by Gasteiger charge is -2.29. The molecular formula is C17H23NO5. The van der Waals surface area contributed by atoms with Crippen molar-refractivity contribution in [2.45, 2.75) is 44.8 Å². The van der Waals surface area contributed by atoms with Gasteiger partial charge in [0.15, 0.2) is 0 Å². The number of carbonyl (C=O) groups is 2. The molecule has 0 aliphatic carbocycles. The summed E-state index contributed by atoms with van der Waals surface area (Å²) in [6.07, 6.45) is 0.109. The first-order valence-electron chi connectivity index (χ1n) is 7.59. The number of nitrogens with zero attached hydrogens (tertiary/aromatic N) is 1. The van der Waals surface area contributed by atoms with Gasteiger partial charge >= 0.3 is 12.1 Å². The van der Waals surface area contributed by atoms with Crippen molar-refractivity contribution in [3.63, 3.8) is 0 Å². The van der Waals surface area contributed by atoms with Crippen LogP contribution in [0.4, 0.5) is 4.79 Å². The Morgan fingerprint density at radius 1 is 1.22 bits per heavy atom. The number of likely N-dealkylation sites (tertiary alicyclic amines) is 1. The fourth-order valence-electron chi connectivity index (χ4n) is 2.80. The third-order valence-electron chi connectivity index (χ3n) is 3.79. The predicted octanol–water partition coefficient (Wildman–Crippen LogP) is 2.66. The quantitative estimate of drug-likeness (QED) is 0.848. The van der Waals surface area contributed by atoms with Gasteiger partial charge in [0.25, 0.3) is 0 Å². The summed E-state index contributed by atoms with van der Waals surface area (Å²) < 4.78 is 10.3. The SMILES string of the molecule is COC(=O)C1[C@@H](c2ccc(O)cc2)CCN1C(=O)OC(C)(C)C. The molecule has 1 N–H and O–H groups in total. The van der Waals surface area contributed by atoms with E-state index < -0.39 is 23.7 Å². The van der Waals surface area contributed by atoms with Gasteiger partial charge in [-0.1, -0.05) is 12.1 Å². The second-order valence-electron chi connectivity index (χ2n) is 6.63. The summed E-state index contributed by atoms with van der Waals surface area (Å²) in [4.78, 5) is 26.0. The molecule has 126 valence electrons. The molecule has 0 spiro atoms. The number of methoxy groups -OCH3 is 1. The Morgan fingerprint density at radius 2 is 1.83 bits per heavy atom. The summed E-state index contributed by atoms with van der Waals surface area (Å²) in [5.41, 5.74) is 0.248. The maximum Gasteiger partial charge on any atom is 0.411 e. The highest BCUT2D eigenvalue weighted by Crippen LogP contribution is 2.35. The molecule has 23 heavy (non-hydrogen) atoms. The van der Waals surface area contributed by atoms with Crippen LogP contribution in [0.2, 0.25) is 0 Å². The van der Waals surface area contributed by atoms with Gasteiger partial charge < -0.3 is 14.6 Å². The van der Waals surface area contributed by atoms with Crippen molar-refractivity contribution < 1.29 is 24.2 Å². The number of benzene rings is 1. The minimum atomic E-state index is -0.723. The van der Waals surface area contributed by atoms with Crippen LogP contribution in [-0.4, -0.2) is 47.4 Å². The lowest BCUT2D eigenvalue weighted by molar-refractivity contribution is -0.146. The number of hydrogen-bond acceptors (Lipinski definition) is 5. The van der Waals surface area contributed by atoms with Crippen molar-refractivity contribution in [1.29, 1.82) is 0 Å². The minimum absolute atomic E-state index is 0.158. The third kappa shape index (κ3) is 3.94. The molecule has 1 unspecified atom stereocenters. The van der Waals surface area contributed by atoms with Crippen LogP contribution in [0, 0.1) is 0 Å². The van der Waals surface area contributed by atoms with Crippen molar-refractivity contribution >= 4 is 12.1 Å². The maximum absolute atomic E-state index is 12.4. The van der Waals surface area contributed by atoms with Gasteiger partial charge in [0, 0.05) is 12.5 Å². The first-order chi connectivity index (χ1) is 10.7. The number of ether oxygens (including phenoxy) is 2. The molecular weight excluding hydrogens is 298 g/mol. The number of phenols is 1. The fourth-order valence-corrected chi connectivity index (χ4v) is 2.80. The van der Waals surface area contributed by atoms with E-state index in [2.05, 4.69) is 0 Å². The first-order valence-corrected chi connectivity index (χ1v) is 7.59. The van der Waals surface area contributed by atoms with E-state index in [0.717, 1.165) is 5.56 Å². The number of amides is 1. The molecule has 0 bridgehead atoms. The Kier molecular flexibility index (Phi) is 4.82. The lowest BCUT2D eigenvalue weighted by atomic mass is 9.91. The summed E-state index contributed by atoms with van der Waals surface area (Å²) in [5.74, 6) is -0.493. The molecule has 1 amide bonds. The van der Waals surface area contributed by atoms with Crippen LogP contribution in [-0.2, 0) is 14.3 Å². The second kappa shape index (κ2) is 6.48. The summed E-state index contributed by atoms with van der Waals surface area (Å²) in [5, 5.41) is 9.41. The van der Waals surface area contributed by atoms with Crippen LogP contribution in [0.15, 0.2) is 24.3 Å². The van der Waals surface area contributed by atoms with Gasteiger partial charge in [0.2, 0.25) is 0 Å². The molecule has 1 fully saturated rings. The highest BCUT2D eigenvalue weighted by Gasteiger charge is 2.44. The molecule has 2 atom stereocenters. The van der Waals surface area contributed by atoms with E-state index in [9.17, 15) is 14.7 Å². The normalized spacial score (nSPS) is 21.1. The summed E-state index contributed by atoms with van der Waals surface area (Å²) in [6, 6.07) is 5.93. The van der Waals surface area contributed by atoms with Gasteiger partial charge in [0.05, 0.1) is 7.11 Å². The molecule has 1 aliphatic heterocycles. The van der Waals surface area contributed by atoms with E-state index >= 15 is 0 Å². The molecule has 0 aromatic heterocycles. The van der Waals surface area contributed by atoms with Crippen LogP contribution in [0.3, 0.4) is 0 Å². The molecule has 0 saturated carbocycles. The van der Waals surface area contributed by atoms with Gasteiger partial charge in [-0.3, -0.25) is 4.90 Å². The fraction of sp³-hybridized carbons (Fsp3) is 0.529. The number of rotatable bonds is 2. The Hall–Kier alpha value is -2.24. The first kappa shape index (κ1) is 17.1. The van der Waals surface area contributed by atoms with E-state index in [1.165, 1.54) is 12.0 Å². The Labute approximate surface area is 136 Å². The van der Waals surface area contributed by atoms with Crippen molar-refractivity contribution in [2.24, 2.45) is 0 Å². The molecule has 2 rings (SSSR count). The standard InChI is InChI=1S/C17H23NO5/c1-17(2,3)23-16(21)18-10-9-13(14(18)15(20)22-4)11-5-7-12(19)8-6-11/h5-8,13-14,19H,9-10H2,1-4H3/t13-,14?/m1/s1. The number of esters is 1.